The Bertz CT molecular complexity index is 6660. The summed E-state index contributed by atoms with van der Waals surface area (Å²) in [5.41, 5.74) is 23.4. The summed E-state index contributed by atoms with van der Waals surface area (Å²) >= 11 is 7.50. The fraction of sp³-hybridized carbons (Fsp3) is 0.0508. The van der Waals surface area contributed by atoms with E-state index in [-0.39, 0.29) is 26.8 Å². The molecular weight excluding hydrogens is 1860 g/mol. The van der Waals surface area contributed by atoms with E-state index in [0.29, 0.717) is 5.46 Å². The molecule has 128 heavy (non-hydrogen) atoms. The van der Waals surface area contributed by atoms with Gasteiger partial charge in [0, 0.05) is 19.8 Å². The molecule has 0 saturated heterocycles. The van der Waals surface area contributed by atoms with E-state index >= 15 is 0 Å². The second-order valence-electron chi connectivity index (χ2n) is 32.6. The Morgan fingerprint density at radius 3 is 0.695 bits per heavy atom. The summed E-state index contributed by atoms with van der Waals surface area (Å²) in [4.78, 5) is 0. The summed E-state index contributed by atoms with van der Waals surface area (Å²) in [7, 11) is 7.31. The first-order chi connectivity index (χ1) is 62.7. The average Bonchev–Trinajstić information content (AvgIpc) is 1.54. The van der Waals surface area contributed by atoms with Crippen molar-refractivity contribution in [1.29, 1.82) is 0 Å². The molecule has 2 aliphatic carbocycles. The fourth-order valence-electron chi connectivity index (χ4n) is 18.3. The molecule has 0 unspecified atom stereocenters. The number of benzene rings is 20. The van der Waals surface area contributed by atoms with E-state index in [4.69, 9.17) is 19.1 Å². The van der Waals surface area contributed by atoms with Gasteiger partial charge in [-0.05, 0) is 221 Å². The van der Waals surface area contributed by atoms with Crippen LogP contribution in [0, 0.1) is 0 Å². The van der Waals surface area contributed by atoms with Gasteiger partial charge in [0.1, 0.15) is 0 Å². The first-order valence-electron chi connectivity index (χ1n) is 42.8. The Hall–Kier alpha value is -11.5. The SMILES string of the molecule is CC1(C)c2cc(-c3ccccc3-c3ccccc3)c3ccccc3c2-c2c1cc(-c1ccccc1-c1ccccc1)c1ccccc21.CC1(C)c2cc(Br)c3ccccc3c2-c2c1cc(Br)c1ccccc21.OB(O)c1ccccc1-c1ccccc1.[Cl][Pd][Cl].c1ccc(P(c2ccccc2)c2ccccc2)cc1.c1ccc(P(c2ccccc2)c2ccccc2)cc1. The third-order valence-corrected chi connectivity index (χ3v) is 30.5. The maximum atomic E-state index is 9.22. The molecule has 2 aliphatic rings. The molecule has 0 heterocycles. The van der Waals surface area contributed by atoms with Gasteiger partial charge in [-0.25, -0.2) is 0 Å². The summed E-state index contributed by atoms with van der Waals surface area (Å²) in [6.07, 6.45) is 0. The summed E-state index contributed by atoms with van der Waals surface area (Å²) in [6.45, 7) is 9.50. The van der Waals surface area contributed by atoms with Crippen molar-refractivity contribution < 1.29 is 26.0 Å². The Kier molecular flexibility index (Phi) is 28.3. The van der Waals surface area contributed by atoms with Gasteiger partial charge in [0.2, 0.25) is 0 Å². The molecule has 0 aromatic heterocycles. The predicted octanol–water partition coefficient (Wildman–Crippen LogP) is 30.1. The van der Waals surface area contributed by atoms with E-state index in [1.807, 2.05) is 42.5 Å². The molecule has 626 valence electrons. The molecule has 2 nitrogen and oxygen atoms in total. The average molecular weight is 1950 g/mol. The minimum atomic E-state index is -1.43. The summed E-state index contributed by atoms with van der Waals surface area (Å²) in [5.74, 6) is 0. The van der Waals surface area contributed by atoms with E-state index in [9.17, 15) is 10.0 Å². The first-order valence-corrected chi connectivity index (χ1v) is 51.1. The van der Waals surface area contributed by atoms with Gasteiger partial charge in [-0.2, -0.15) is 0 Å². The van der Waals surface area contributed by atoms with Crippen molar-refractivity contribution in [1.82, 2.24) is 0 Å². The molecule has 0 amide bonds. The molecule has 10 heteroatoms. The van der Waals surface area contributed by atoms with Crippen LogP contribution in [0.5, 0.6) is 0 Å². The van der Waals surface area contributed by atoms with Crippen LogP contribution >= 0.6 is 66.8 Å². The Morgan fingerprint density at radius 2 is 0.422 bits per heavy atom. The molecule has 0 bridgehead atoms. The van der Waals surface area contributed by atoms with Crippen molar-refractivity contribution in [3.8, 4) is 77.9 Å². The van der Waals surface area contributed by atoms with Crippen molar-refractivity contribution >= 4 is 154 Å². The molecule has 2 N–H and O–H groups in total. The smallest absolute Gasteiger partial charge is 0.0134 e. The number of hydrogen-bond acceptors (Lipinski definition) is 2. The van der Waals surface area contributed by atoms with Gasteiger partial charge in [0.15, 0.2) is 0 Å². The molecule has 0 aliphatic heterocycles. The van der Waals surface area contributed by atoms with Crippen LogP contribution in [0.2, 0.25) is 0 Å². The predicted molar refractivity (Wildman–Crippen MR) is 559 cm³/mol. The van der Waals surface area contributed by atoms with Crippen LogP contribution in [0.15, 0.2) is 476 Å². The summed E-state index contributed by atoms with van der Waals surface area (Å²) in [6, 6.07) is 166. The van der Waals surface area contributed by atoms with E-state index in [0.717, 1.165) is 11.1 Å². The van der Waals surface area contributed by atoms with Crippen molar-refractivity contribution in [2.75, 3.05) is 0 Å². The molecule has 0 fully saturated rings. The monoisotopic (exact) mass is 1950 g/mol. The van der Waals surface area contributed by atoms with Gasteiger partial charge >= 0.3 is 42.1 Å². The maximum absolute atomic E-state index is 9.22. The Balaban J connectivity index is 0.000000120. The second kappa shape index (κ2) is 40.9. The van der Waals surface area contributed by atoms with Crippen molar-refractivity contribution in [2.45, 2.75) is 38.5 Å². The second-order valence-corrected chi connectivity index (χ2v) is 41.1. The van der Waals surface area contributed by atoms with Gasteiger partial charge in [0.05, 0.1) is 0 Å². The zero-order valence-corrected chi connectivity index (χ0v) is 79.2. The van der Waals surface area contributed by atoms with Crippen molar-refractivity contribution in [3.05, 3.63) is 498 Å². The van der Waals surface area contributed by atoms with Crippen molar-refractivity contribution in [2.24, 2.45) is 0 Å². The van der Waals surface area contributed by atoms with Gasteiger partial charge in [0.25, 0.3) is 0 Å². The molecule has 0 radical (unpaired) electrons. The van der Waals surface area contributed by atoms with E-state index in [2.05, 4.69) is 472 Å². The number of halogens is 4. The van der Waals surface area contributed by atoms with Crippen LogP contribution in [0.25, 0.3) is 121 Å². The minimum absolute atomic E-state index is 0.0240. The first kappa shape index (κ1) is 88.5. The normalized spacial score (nSPS) is 12.2. The van der Waals surface area contributed by atoms with E-state index in [1.54, 1.807) is 12.1 Å². The van der Waals surface area contributed by atoms with Gasteiger partial charge in [-0.3, -0.25) is 0 Å². The summed E-state index contributed by atoms with van der Waals surface area (Å²) in [5, 5.41) is 37.3. The standard InChI is InChI=1S/C47H34.C23H16Br2.2C18H15P.C12H11BO2.2ClH.Pd/c1-47(2)43-29-41(35-23-11-9-21-33(35)31-17-5-3-6-18-31)37-25-13-15-27-39(37)45(43)46-40-28-16-14-26-38(40)42(30-44(46)47)36-24-12-10-22-34(36)32-19-7-4-8-20-32;1-23(2)17-11-19(24)13-7-3-5-9-15(13)21(17)22-16-10-6-4-8-14(16)20(25)12-18(22)23;2*1-4-10-16(11-5-1)19(17-12-6-2-7-13-17)18-14-8-3-9-15-18;14-13(15)12-9-5-4-8-11(12)10-6-2-1-3-7-10;;;/h3-30H,1-2H3;3-12H,1-2H3;2*1-15H;1-9,14-15H;2*1H;/q;;;;;;;+2/p-2. The molecular formula is C118H91BBr2Cl2O2P2Pd. The van der Waals surface area contributed by atoms with E-state index < -0.39 is 23.0 Å². The van der Waals surface area contributed by atoms with Crippen LogP contribution in [-0.4, -0.2) is 17.2 Å². The van der Waals surface area contributed by atoms with Crippen LogP contribution < -0.4 is 37.3 Å². The third kappa shape index (κ3) is 18.6. The van der Waals surface area contributed by atoms with E-state index in [1.165, 1.54) is 173 Å². The Labute approximate surface area is 787 Å². The van der Waals surface area contributed by atoms with Crippen LogP contribution in [0.1, 0.15) is 49.9 Å². The number of rotatable bonds is 12. The molecule has 20 aromatic rings. The molecule has 0 spiro atoms. The minimum Gasteiger partial charge on any atom is -0.0622 e. The molecule has 0 saturated carbocycles. The number of hydrogen-bond donors (Lipinski definition) is 2. The van der Waals surface area contributed by atoms with Gasteiger partial charge < -0.3 is 10.0 Å². The number of fused-ring (bicyclic) bond motifs is 14. The largest absolute Gasteiger partial charge is 0.0622 e. The summed E-state index contributed by atoms with van der Waals surface area (Å²) < 4.78 is 2.34. The zero-order chi connectivity index (χ0) is 88.1. The third-order valence-electron chi connectivity index (χ3n) is 24.3. The molecule has 0 atom stereocenters. The fourth-order valence-corrected chi connectivity index (χ4v) is 24.1. The van der Waals surface area contributed by atoms with Crippen molar-refractivity contribution in [3.63, 3.8) is 0 Å². The van der Waals surface area contributed by atoms with Gasteiger partial charge in [-0.15, -0.1) is 0 Å². The van der Waals surface area contributed by atoms with Crippen LogP contribution in [0.3, 0.4) is 0 Å². The maximum Gasteiger partial charge on any atom is -0.0134 e. The topological polar surface area (TPSA) is 40.5 Å². The molecule has 20 aromatic carbocycles. The van der Waals surface area contributed by atoms with Gasteiger partial charge in [-0.1, -0.05) is 502 Å². The zero-order valence-electron chi connectivity index (χ0n) is 71.2. The Morgan fingerprint density at radius 1 is 0.227 bits per heavy atom. The quantitative estimate of drug-likeness (QED) is 0.0945. The molecule has 22 rings (SSSR count). The van der Waals surface area contributed by atoms with Crippen LogP contribution in [-0.2, 0) is 26.8 Å². The van der Waals surface area contributed by atoms with Crippen LogP contribution in [0.4, 0.5) is 0 Å².